The first kappa shape index (κ1) is 12.3. The molecule has 1 N–H and O–H groups in total. The van der Waals surface area contributed by atoms with Crippen LogP contribution in [0.5, 0.6) is 0 Å². The average Bonchev–Trinajstić information content (AvgIpc) is 2.85. The van der Waals surface area contributed by atoms with Gasteiger partial charge in [0.2, 0.25) is 0 Å². The van der Waals surface area contributed by atoms with Crippen LogP contribution in [0.2, 0.25) is 0 Å². The summed E-state index contributed by atoms with van der Waals surface area (Å²) in [5, 5.41) is 3.90. The first-order chi connectivity index (χ1) is 9.28. The molecule has 0 heterocycles. The summed E-state index contributed by atoms with van der Waals surface area (Å²) in [6.45, 7) is 2.32. The molecule has 102 valence electrons. The standard InChI is InChI=1S/C17H23NS/c1-10(11-5-7-14(19-2)8-6-11)18-17-15-12-3-4-13(9-12)16(15)17/h5-8,10,12-13,15-18H,3-4,9H2,1-2H3. The molecule has 1 nitrogen and oxygen atoms in total. The van der Waals surface area contributed by atoms with Crippen molar-refractivity contribution < 1.29 is 0 Å². The Hall–Kier alpha value is -0.470. The molecule has 5 atom stereocenters. The highest BCUT2D eigenvalue weighted by molar-refractivity contribution is 7.98. The minimum atomic E-state index is 0.505. The fourth-order valence-electron chi connectivity index (χ4n) is 4.83. The number of hydrogen-bond acceptors (Lipinski definition) is 2. The minimum Gasteiger partial charge on any atom is -0.307 e. The van der Waals surface area contributed by atoms with Crippen molar-refractivity contribution in [3.05, 3.63) is 29.8 Å². The Morgan fingerprint density at radius 3 is 2.32 bits per heavy atom. The fraction of sp³-hybridized carbons (Fsp3) is 0.647. The van der Waals surface area contributed by atoms with Gasteiger partial charge in [-0.1, -0.05) is 12.1 Å². The molecule has 0 saturated heterocycles. The molecule has 0 spiro atoms. The third-order valence-electron chi connectivity index (χ3n) is 5.79. The van der Waals surface area contributed by atoms with Gasteiger partial charge in [0.05, 0.1) is 0 Å². The van der Waals surface area contributed by atoms with Gasteiger partial charge in [-0.05, 0) is 73.8 Å². The third kappa shape index (κ3) is 1.95. The Morgan fingerprint density at radius 2 is 1.74 bits per heavy atom. The second-order valence-corrected chi connectivity index (χ2v) is 7.55. The van der Waals surface area contributed by atoms with Gasteiger partial charge >= 0.3 is 0 Å². The van der Waals surface area contributed by atoms with Crippen LogP contribution < -0.4 is 5.32 Å². The summed E-state index contributed by atoms with van der Waals surface area (Å²) in [5.74, 6) is 4.20. The van der Waals surface area contributed by atoms with Gasteiger partial charge in [-0.25, -0.2) is 0 Å². The van der Waals surface area contributed by atoms with Crippen molar-refractivity contribution in [1.29, 1.82) is 0 Å². The Kier molecular flexibility index (Phi) is 2.93. The molecule has 19 heavy (non-hydrogen) atoms. The molecular formula is C17H23NS. The SMILES string of the molecule is CSc1ccc(C(C)NC2C3C4CCC(C4)C23)cc1. The second-order valence-electron chi connectivity index (χ2n) is 6.68. The van der Waals surface area contributed by atoms with Crippen LogP contribution in [0.4, 0.5) is 0 Å². The largest absolute Gasteiger partial charge is 0.307 e. The molecule has 1 aromatic rings. The number of thioether (sulfide) groups is 1. The van der Waals surface area contributed by atoms with Crippen molar-refractivity contribution in [2.75, 3.05) is 6.26 Å². The number of fused-ring (bicyclic) bond motifs is 5. The average molecular weight is 273 g/mol. The first-order valence-corrected chi connectivity index (χ1v) is 8.90. The van der Waals surface area contributed by atoms with E-state index >= 15 is 0 Å². The van der Waals surface area contributed by atoms with Crippen molar-refractivity contribution in [2.24, 2.45) is 23.7 Å². The summed E-state index contributed by atoms with van der Waals surface area (Å²) in [7, 11) is 0. The van der Waals surface area contributed by atoms with Gasteiger partial charge in [0.25, 0.3) is 0 Å². The molecule has 3 saturated carbocycles. The summed E-state index contributed by atoms with van der Waals surface area (Å²) in [4.78, 5) is 1.36. The van der Waals surface area contributed by atoms with Crippen molar-refractivity contribution in [2.45, 2.75) is 43.2 Å². The molecule has 5 unspecified atom stereocenters. The van der Waals surface area contributed by atoms with E-state index in [0.717, 1.165) is 29.7 Å². The Labute approximate surface area is 120 Å². The molecule has 0 aromatic heterocycles. The second kappa shape index (κ2) is 4.53. The van der Waals surface area contributed by atoms with E-state index in [1.807, 2.05) is 11.8 Å². The zero-order valence-electron chi connectivity index (χ0n) is 11.8. The van der Waals surface area contributed by atoms with Gasteiger partial charge in [0, 0.05) is 17.0 Å². The monoisotopic (exact) mass is 273 g/mol. The van der Waals surface area contributed by atoms with Crippen LogP contribution in [0.25, 0.3) is 0 Å². The van der Waals surface area contributed by atoms with Gasteiger partial charge in [0.15, 0.2) is 0 Å². The maximum absolute atomic E-state index is 3.90. The minimum absolute atomic E-state index is 0.505. The van der Waals surface area contributed by atoms with Gasteiger partial charge in [-0.3, -0.25) is 0 Å². The predicted octanol–water partition coefficient (Wildman–Crippen LogP) is 4.10. The van der Waals surface area contributed by atoms with E-state index in [0.29, 0.717) is 6.04 Å². The Balaban J connectivity index is 1.41. The van der Waals surface area contributed by atoms with Crippen LogP contribution in [0.15, 0.2) is 29.2 Å². The smallest absolute Gasteiger partial charge is 0.0294 e. The van der Waals surface area contributed by atoms with Gasteiger partial charge < -0.3 is 5.32 Å². The maximum atomic E-state index is 3.90. The first-order valence-electron chi connectivity index (χ1n) is 7.68. The quantitative estimate of drug-likeness (QED) is 0.829. The van der Waals surface area contributed by atoms with Crippen LogP contribution in [0, 0.1) is 23.7 Å². The molecule has 0 aliphatic heterocycles. The van der Waals surface area contributed by atoms with Crippen molar-refractivity contribution in [1.82, 2.24) is 5.32 Å². The van der Waals surface area contributed by atoms with Gasteiger partial charge in [-0.2, -0.15) is 0 Å². The highest BCUT2D eigenvalue weighted by Gasteiger charge is 2.64. The number of rotatable bonds is 4. The molecule has 3 aliphatic rings. The Morgan fingerprint density at radius 1 is 1.11 bits per heavy atom. The van der Waals surface area contributed by atoms with Gasteiger partial charge in [0.1, 0.15) is 0 Å². The molecule has 1 aromatic carbocycles. The summed E-state index contributed by atoms with van der Waals surface area (Å²) < 4.78 is 0. The van der Waals surface area contributed by atoms with Crippen molar-refractivity contribution >= 4 is 11.8 Å². The predicted molar refractivity (Wildman–Crippen MR) is 81.4 cm³/mol. The molecule has 3 aliphatic carbocycles. The zero-order valence-corrected chi connectivity index (χ0v) is 12.6. The maximum Gasteiger partial charge on any atom is 0.0294 e. The molecule has 0 amide bonds. The normalized spacial score (nSPS) is 40.2. The van der Waals surface area contributed by atoms with E-state index in [1.165, 1.54) is 23.3 Å². The van der Waals surface area contributed by atoms with E-state index < -0.39 is 0 Å². The highest BCUT2D eigenvalue weighted by Crippen LogP contribution is 2.65. The van der Waals surface area contributed by atoms with Gasteiger partial charge in [-0.15, -0.1) is 11.8 Å². The lowest BCUT2D eigenvalue weighted by Gasteiger charge is -2.17. The number of nitrogens with one attached hydrogen (secondary N) is 1. The van der Waals surface area contributed by atoms with Crippen molar-refractivity contribution in [3.63, 3.8) is 0 Å². The van der Waals surface area contributed by atoms with Crippen LogP contribution in [0.3, 0.4) is 0 Å². The molecule has 2 bridgehead atoms. The molecule has 0 radical (unpaired) electrons. The van der Waals surface area contributed by atoms with E-state index in [4.69, 9.17) is 0 Å². The van der Waals surface area contributed by atoms with Crippen LogP contribution in [0.1, 0.15) is 37.8 Å². The summed E-state index contributed by atoms with van der Waals surface area (Å²) >= 11 is 1.82. The highest BCUT2D eigenvalue weighted by atomic mass is 32.2. The molecular weight excluding hydrogens is 250 g/mol. The van der Waals surface area contributed by atoms with Crippen molar-refractivity contribution in [3.8, 4) is 0 Å². The lowest BCUT2D eigenvalue weighted by atomic mass is 10.0. The molecule has 3 fully saturated rings. The van der Waals surface area contributed by atoms with E-state index in [-0.39, 0.29) is 0 Å². The lowest BCUT2D eigenvalue weighted by Crippen LogP contribution is -2.26. The van der Waals surface area contributed by atoms with Crippen LogP contribution >= 0.6 is 11.8 Å². The summed E-state index contributed by atoms with van der Waals surface area (Å²) in [6.07, 6.45) is 6.71. The van der Waals surface area contributed by atoms with E-state index in [9.17, 15) is 0 Å². The molecule has 2 heteroatoms. The summed E-state index contributed by atoms with van der Waals surface area (Å²) in [6, 6.07) is 10.4. The Bertz CT molecular complexity index is 453. The fourth-order valence-corrected chi connectivity index (χ4v) is 5.23. The number of benzene rings is 1. The third-order valence-corrected chi connectivity index (χ3v) is 6.54. The molecule has 4 rings (SSSR count). The zero-order chi connectivity index (χ0) is 13.0. The van der Waals surface area contributed by atoms with E-state index in [2.05, 4.69) is 42.8 Å². The van der Waals surface area contributed by atoms with E-state index in [1.54, 1.807) is 6.42 Å². The van der Waals surface area contributed by atoms with Crippen LogP contribution in [-0.2, 0) is 0 Å². The van der Waals surface area contributed by atoms with Crippen LogP contribution in [-0.4, -0.2) is 12.3 Å². The number of hydrogen-bond donors (Lipinski definition) is 1. The summed E-state index contributed by atoms with van der Waals surface area (Å²) in [5.41, 5.74) is 1.44. The lowest BCUT2D eigenvalue weighted by molar-refractivity contribution is 0.433. The topological polar surface area (TPSA) is 12.0 Å².